The first kappa shape index (κ1) is 11.0. The van der Waals surface area contributed by atoms with Gasteiger partial charge in [0.1, 0.15) is 0 Å². The Hall–Kier alpha value is -0.120. The zero-order valence-electron chi connectivity index (χ0n) is 8.88. The first-order valence-electron chi connectivity index (χ1n) is 5.16. The van der Waals surface area contributed by atoms with Crippen molar-refractivity contribution < 1.29 is 9.47 Å². The number of nitrogens with one attached hydrogen (secondary N) is 1. The van der Waals surface area contributed by atoms with E-state index >= 15 is 0 Å². The molecule has 0 saturated carbocycles. The second-order valence-corrected chi connectivity index (χ2v) is 3.60. The minimum atomic E-state index is 0.279. The van der Waals surface area contributed by atoms with Crippen LogP contribution in [0.4, 0.5) is 0 Å². The van der Waals surface area contributed by atoms with Gasteiger partial charge in [-0.2, -0.15) is 0 Å². The zero-order chi connectivity index (χ0) is 9.68. The molecule has 13 heavy (non-hydrogen) atoms. The van der Waals surface area contributed by atoms with Gasteiger partial charge in [0.15, 0.2) is 0 Å². The van der Waals surface area contributed by atoms with E-state index < -0.39 is 0 Å². The van der Waals surface area contributed by atoms with Gasteiger partial charge in [-0.3, -0.25) is 0 Å². The molecule has 1 aliphatic heterocycles. The van der Waals surface area contributed by atoms with Gasteiger partial charge in [0.2, 0.25) is 0 Å². The lowest BCUT2D eigenvalue weighted by Gasteiger charge is -2.27. The Morgan fingerprint density at radius 3 is 2.85 bits per heavy atom. The van der Waals surface area contributed by atoms with Gasteiger partial charge in [-0.1, -0.05) is 0 Å². The number of ether oxygens (including phenoxy) is 2. The molecule has 0 aromatic rings. The molecule has 1 fully saturated rings. The average molecular weight is 187 g/mol. The highest BCUT2D eigenvalue weighted by molar-refractivity contribution is 4.82. The standard InChI is InChI=1S/C10H21NO2/c1-4-13-8(2)10(11-3)9-5-6-12-7-9/h8-11H,4-7H2,1-3H3. The maximum Gasteiger partial charge on any atom is 0.0703 e. The minimum absolute atomic E-state index is 0.279. The van der Waals surface area contributed by atoms with Crippen molar-refractivity contribution in [2.24, 2.45) is 5.92 Å². The summed E-state index contributed by atoms with van der Waals surface area (Å²) in [6, 6.07) is 0.433. The summed E-state index contributed by atoms with van der Waals surface area (Å²) >= 11 is 0. The maximum atomic E-state index is 5.59. The Balaban J connectivity index is 2.39. The largest absolute Gasteiger partial charge is 0.381 e. The molecular weight excluding hydrogens is 166 g/mol. The lowest BCUT2D eigenvalue weighted by molar-refractivity contribution is 0.0300. The van der Waals surface area contributed by atoms with Crippen molar-refractivity contribution >= 4 is 0 Å². The molecule has 3 heteroatoms. The van der Waals surface area contributed by atoms with Crippen molar-refractivity contribution in [3.63, 3.8) is 0 Å². The first-order chi connectivity index (χ1) is 6.29. The van der Waals surface area contributed by atoms with Gasteiger partial charge >= 0.3 is 0 Å². The van der Waals surface area contributed by atoms with Crippen molar-refractivity contribution in [3.8, 4) is 0 Å². The highest BCUT2D eigenvalue weighted by atomic mass is 16.5. The molecule has 78 valence electrons. The van der Waals surface area contributed by atoms with E-state index in [0.717, 1.165) is 26.2 Å². The summed E-state index contributed by atoms with van der Waals surface area (Å²) in [5.41, 5.74) is 0. The molecule has 0 amide bonds. The molecule has 1 rings (SSSR count). The fraction of sp³-hybridized carbons (Fsp3) is 1.00. The molecule has 0 aliphatic carbocycles. The van der Waals surface area contributed by atoms with E-state index in [-0.39, 0.29) is 6.10 Å². The minimum Gasteiger partial charge on any atom is -0.381 e. The predicted molar refractivity (Wildman–Crippen MR) is 52.9 cm³/mol. The summed E-state index contributed by atoms with van der Waals surface area (Å²) in [5, 5.41) is 3.32. The van der Waals surface area contributed by atoms with Crippen LogP contribution >= 0.6 is 0 Å². The van der Waals surface area contributed by atoms with Crippen LogP contribution in [0.2, 0.25) is 0 Å². The lowest BCUT2D eigenvalue weighted by Crippen LogP contribution is -2.43. The van der Waals surface area contributed by atoms with Crippen LogP contribution in [0.1, 0.15) is 20.3 Å². The van der Waals surface area contributed by atoms with E-state index in [1.54, 1.807) is 0 Å². The van der Waals surface area contributed by atoms with E-state index in [9.17, 15) is 0 Å². The van der Waals surface area contributed by atoms with E-state index in [2.05, 4.69) is 12.2 Å². The van der Waals surface area contributed by atoms with Crippen LogP contribution in [-0.4, -0.2) is 39.0 Å². The molecule has 1 N–H and O–H groups in total. The smallest absolute Gasteiger partial charge is 0.0703 e. The summed E-state index contributed by atoms with van der Waals surface area (Å²) in [4.78, 5) is 0. The molecule has 3 nitrogen and oxygen atoms in total. The number of hydrogen-bond donors (Lipinski definition) is 1. The Morgan fingerprint density at radius 2 is 2.38 bits per heavy atom. The molecule has 0 aromatic heterocycles. The van der Waals surface area contributed by atoms with Crippen LogP contribution in [0.15, 0.2) is 0 Å². The van der Waals surface area contributed by atoms with E-state index in [1.807, 2.05) is 14.0 Å². The second kappa shape index (κ2) is 5.58. The Kier molecular flexibility index (Phi) is 4.70. The van der Waals surface area contributed by atoms with Crippen molar-refractivity contribution in [3.05, 3.63) is 0 Å². The second-order valence-electron chi connectivity index (χ2n) is 3.60. The van der Waals surface area contributed by atoms with Crippen LogP contribution in [0.25, 0.3) is 0 Å². The summed E-state index contributed by atoms with van der Waals surface area (Å²) in [6.07, 6.45) is 1.44. The lowest BCUT2D eigenvalue weighted by atomic mass is 9.95. The predicted octanol–water partition coefficient (Wildman–Crippen LogP) is 1.04. The monoisotopic (exact) mass is 187 g/mol. The molecule has 0 radical (unpaired) electrons. The zero-order valence-corrected chi connectivity index (χ0v) is 8.88. The van der Waals surface area contributed by atoms with Crippen LogP contribution in [0.5, 0.6) is 0 Å². The number of likely N-dealkylation sites (N-methyl/N-ethyl adjacent to an activating group) is 1. The van der Waals surface area contributed by atoms with Crippen molar-refractivity contribution in [2.45, 2.75) is 32.4 Å². The van der Waals surface area contributed by atoms with Gasteiger partial charge in [-0.25, -0.2) is 0 Å². The van der Waals surface area contributed by atoms with E-state index in [1.165, 1.54) is 0 Å². The van der Waals surface area contributed by atoms with Gasteiger partial charge in [0.05, 0.1) is 12.7 Å². The maximum absolute atomic E-state index is 5.59. The Labute approximate surface area is 80.8 Å². The van der Waals surface area contributed by atoms with Crippen LogP contribution in [0.3, 0.4) is 0 Å². The van der Waals surface area contributed by atoms with Crippen molar-refractivity contribution in [2.75, 3.05) is 26.9 Å². The Bertz CT molecular complexity index is 135. The topological polar surface area (TPSA) is 30.5 Å². The molecule has 1 aliphatic rings. The molecule has 1 heterocycles. The number of rotatable bonds is 5. The SMILES string of the molecule is CCOC(C)C(NC)C1CCOC1. The molecule has 1 saturated heterocycles. The molecule has 0 bridgehead atoms. The quantitative estimate of drug-likeness (QED) is 0.697. The summed E-state index contributed by atoms with van der Waals surface area (Å²) in [5.74, 6) is 0.617. The molecule has 3 unspecified atom stereocenters. The number of hydrogen-bond acceptors (Lipinski definition) is 3. The fourth-order valence-corrected chi connectivity index (χ4v) is 2.06. The molecule has 0 aromatic carbocycles. The van der Waals surface area contributed by atoms with E-state index in [4.69, 9.17) is 9.47 Å². The van der Waals surface area contributed by atoms with Crippen LogP contribution in [0, 0.1) is 5.92 Å². The highest BCUT2D eigenvalue weighted by Crippen LogP contribution is 2.20. The van der Waals surface area contributed by atoms with Gasteiger partial charge in [0.25, 0.3) is 0 Å². The first-order valence-corrected chi connectivity index (χ1v) is 5.16. The van der Waals surface area contributed by atoms with Crippen molar-refractivity contribution in [1.29, 1.82) is 0 Å². The van der Waals surface area contributed by atoms with E-state index in [0.29, 0.717) is 12.0 Å². The third kappa shape index (κ3) is 2.93. The third-order valence-electron chi connectivity index (χ3n) is 2.74. The average Bonchev–Trinajstić information content (AvgIpc) is 2.59. The molecular formula is C10H21NO2. The Morgan fingerprint density at radius 1 is 1.62 bits per heavy atom. The van der Waals surface area contributed by atoms with Crippen LogP contribution in [-0.2, 0) is 9.47 Å². The van der Waals surface area contributed by atoms with Gasteiger partial charge in [0, 0.05) is 25.2 Å². The summed E-state index contributed by atoms with van der Waals surface area (Å²) < 4.78 is 11.0. The third-order valence-corrected chi connectivity index (χ3v) is 2.74. The summed E-state index contributed by atoms with van der Waals surface area (Å²) in [7, 11) is 2.00. The van der Waals surface area contributed by atoms with Crippen molar-refractivity contribution in [1.82, 2.24) is 5.32 Å². The molecule has 0 spiro atoms. The van der Waals surface area contributed by atoms with Crippen LogP contribution < -0.4 is 5.32 Å². The highest BCUT2D eigenvalue weighted by Gasteiger charge is 2.28. The molecule has 3 atom stereocenters. The fourth-order valence-electron chi connectivity index (χ4n) is 2.06. The van der Waals surface area contributed by atoms with Gasteiger partial charge in [-0.15, -0.1) is 0 Å². The van der Waals surface area contributed by atoms with Gasteiger partial charge in [-0.05, 0) is 27.3 Å². The normalized spacial score (nSPS) is 27.5. The summed E-state index contributed by atoms with van der Waals surface area (Å²) in [6.45, 7) is 6.73. The van der Waals surface area contributed by atoms with Gasteiger partial charge < -0.3 is 14.8 Å².